The van der Waals surface area contributed by atoms with Crippen LogP contribution >= 0.6 is 15.9 Å². The lowest BCUT2D eigenvalue weighted by atomic mass is 10.1. The second kappa shape index (κ2) is 9.62. The molecule has 0 fully saturated rings. The highest BCUT2D eigenvalue weighted by molar-refractivity contribution is 9.10. The van der Waals surface area contributed by atoms with Crippen molar-refractivity contribution in [1.82, 2.24) is 9.78 Å². The number of aryl methyl sites for hydroxylation is 1. The van der Waals surface area contributed by atoms with Crippen LogP contribution in [0.25, 0.3) is 0 Å². The van der Waals surface area contributed by atoms with Crippen molar-refractivity contribution in [2.24, 2.45) is 0 Å². The molecule has 3 aromatic carbocycles. The Morgan fingerprint density at radius 3 is 2.74 bits per heavy atom. The van der Waals surface area contributed by atoms with E-state index in [1.54, 1.807) is 12.3 Å². The third kappa shape index (κ3) is 5.61. The molecule has 0 saturated heterocycles. The van der Waals surface area contributed by atoms with Crippen molar-refractivity contribution in [3.8, 4) is 5.75 Å². The van der Waals surface area contributed by atoms with Gasteiger partial charge in [-0.25, -0.2) is 0 Å². The zero-order chi connectivity index (χ0) is 21.6. The summed E-state index contributed by atoms with van der Waals surface area (Å²) in [5.41, 5.74) is 4.56. The van der Waals surface area contributed by atoms with Gasteiger partial charge in [0.2, 0.25) is 0 Å². The van der Waals surface area contributed by atoms with Gasteiger partial charge in [0.15, 0.2) is 0 Å². The molecule has 0 spiro atoms. The highest BCUT2D eigenvalue weighted by atomic mass is 79.9. The monoisotopic (exact) mass is 475 g/mol. The third-order valence-corrected chi connectivity index (χ3v) is 5.37. The molecule has 5 nitrogen and oxygen atoms in total. The fourth-order valence-electron chi connectivity index (χ4n) is 3.21. The second-order valence-corrected chi connectivity index (χ2v) is 8.17. The maximum atomic E-state index is 12.7. The zero-order valence-electron chi connectivity index (χ0n) is 17.1. The van der Waals surface area contributed by atoms with Crippen LogP contribution in [0.3, 0.4) is 0 Å². The van der Waals surface area contributed by atoms with Crippen molar-refractivity contribution in [2.75, 3.05) is 5.32 Å². The Morgan fingerprint density at radius 2 is 1.90 bits per heavy atom. The molecule has 156 valence electrons. The zero-order valence-corrected chi connectivity index (χ0v) is 18.7. The first-order valence-electron chi connectivity index (χ1n) is 9.92. The van der Waals surface area contributed by atoms with E-state index in [9.17, 15) is 4.79 Å². The van der Waals surface area contributed by atoms with Crippen molar-refractivity contribution in [3.05, 3.63) is 112 Å². The minimum Gasteiger partial charge on any atom is -0.489 e. The molecule has 31 heavy (non-hydrogen) atoms. The van der Waals surface area contributed by atoms with Gasteiger partial charge in [0, 0.05) is 16.2 Å². The molecule has 1 heterocycles. The average molecular weight is 476 g/mol. The van der Waals surface area contributed by atoms with Crippen molar-refractivity contribution >= 4 is 27.5 Å². The Kier molecular flexibility index (Phi) is 6.48. The third-order valence-electron chi connectivity index (χ3n) is 4.88. The van der Waals surface area contributed by atoms with Gasteiger partial charge >= 0.3 is 0 Å². The topological polar surface area (TPSA) is 56.2 Å². The number of hydrogen-bond donors (Lipinski definition) is 1. The Morgan fingerprint density at radius 1 is 1.06 bits per heavy atom. The average Bonchev–Trinajstić information content (AvgIpc) is 3.21. The summed E-state index contributed by atoms with van der Waals surface area (Å²) >= 11 is 3.43. The summed E-state index contributed by atoms with van der Waals surface area (Å²) in [4.78, 5) is 12.7. The summed E-state index contributed by atoms with van der Waals surface area (Å²) in [6, 6.07) is 23.3. The van der Waals surface area contributed by atoms with Gasteiger partial charge in [0.25, 0.3) is 5.91 Å². The summed E-state index contributed by atoms with van der Waals surface area (Å²) < 4.78 is 8.60. The van der Waals surface area contributed by atoms with Crippen LogP contribution in [0.5, 0.6) is 5.75 Å². The predicted molar refractivity (Wildman–Crippen MR) is 125 cm³/mol. The first kappa shape index (κ1) is 20.9. The minimum atomic E-state index is -0.181. The summed E-state index contributed by atoms with van der Waals surface area (Å²) in [6.07, 6.45) is 3.50. The van der Waals surface area contributed by atoms with Gasteiger partial charge in [0.05, 0.1) is 18.4 Å². The van der Waals surface area contributed by atoms with Gasteiger partial charge in [0.1, 0.15) is 12.4 Å². The molecule has 1 amide bonds. The van der Waals surface area contributed by atoms with Crippen molar-refractivity contribution in [3.63, 3.8) is 0 Å². The number of aromatic nitrogens is 2. The first-order valence-corrected chi connectivity index (χ1v) is 10.7. The molecule has 0 aliphatic rings. The Bertz CT molecular complexity index is 1200. The van der Waals surface area contributed by atoms with E-state index in [2.05, 4.69) is 45.4 Å². The van der Waals surface area contributed by atoms with Crippen LogP contribution in [0.1, 0.15) is 27.0 Å². The van der Waals surface area contributed by atoms with E-state index in [1.807, 2.05) is 65.5 Å². The molecule has 0 aliphatic carbocycles. The van der Waals surface area contributed by atoms with Crippen LogP contribution in [-0.2, 0) is 13.2 Å². The maximum absolute atomic E-state index is 12.7. The summed E-state index contributed by atoms with van der Waals surface area (Å²) in [5, 5.41) is 7.28. The van der Waals surface area contributed by atoms with E-state index in [0.29, 0.717) is 24.4 Å². The van der Waals surface area contributed by atoms with Crippen LogP contribution in [0.15, 0.2) is 89.7 Å². The number of hydrogen-bond acceptors (Lipinski definition) is 3. The van der Waals surface area contributed by atoms with Gasteiger partial charge < -0.3 is 10.1 Å². The largest absolute Gasteiger partial charge is 0.489 e. The molecule has 4 aromatic rings. The molecular weight excluding hydrogens is 454 g/mol. The van der Waals surface area contributed by atoms with Gasteiger partial charge in [-0.1, -0.05) is 58.4 Å². The number of nitrogens with one attached hydrogen (secondary N) is 1. The van der Waals surface area contributed by atoms with Gasteiger partial charge in [-0.15, -0.1) is 0 Å². The quantitative estimate of drug-likeness (QED) is 0.365. The Labute approximate surface area is 189 Å². The summed E-state index contributed by atoms with van der Waals surface area (Å²) in [5.74, 6) is 0.588. The van der Waals surface area contributed by atoms with E-state index >= 15 is 0 Å². The van der Waals surface area contributed by atoms with Crippen molar-refractivity contribution in [1.29, 1.82) is 0 Å². The minimum absolute atomic E-state index is 0.181. The molecule has 1 N–H and O–H groups in total. The number of ether oxygens (including phenoxy) is 1. The summed E-state index contributed by atoms with van der Waals surface area (Å²) in [7, 11) is 0. The molecule has 0 bridgehead atoms. The maximum Gasteiger partial charge on any atom is 0.255 e. The number of carbonyl (C=O) groups is 1. The van der Waals surface area contributed by atoms with Gasteiger partial charge in [-0.05, 0) is 53.9 Å². The fraction of sp³-hybridized carbons (Fsp3) is 0.120. The van der Waals surface area contributed by atoms with Crippen LogP contribution in [0, 0.1) is 6.92 Å². The number of rotatable bonds is 7. The van der Waals surface area contributed by atoms with Gasteiger partial charge in [-0.3, -0.25) is 9.48 Å². The van der Waals surface area contributed by atoms with Crippen LogP contribution in [-0.4, -0.2) is 15.7 Å². The molecular formula is C25H22BrN3O2. The Balaban J connectivity index is 1.38. The molecule has 0 atom stereocenters. The van der Waals surface area contributed by atoms with Crippen molar-refractivity contribution in [2.45, 2.75) is 20.1 Å². The SMILES string of the molecule is Cc1ccccc1Cn1cc(NC(=O)c2cccc(COc3cccc(Br)c3)c2)cn1. The van der Waals surface area contributed by atoms with Crippen LogP contribution in [0.4, 0.5) is 5.69 Å². The molecule has 0 saturated carbocycles. The van der Waals surface area contributed by atoms with E-state index in [1.165, 1.54) is 11.1 Å². The fourth-order valence-corrected chi connectivity index (χ4v) is 3.58. The van der Waals surface area contributed by atoms with Crippen LogP contribution in [0.2, 0.25) is 0 Å². The van der Waals surface area contributed by atoms with Gasteiger partial charge in [-0.2, -0.15) is 5.10 Å². The molecule has 1 aromatic heterocycles. The number of benzene rings is 3. The van der Waals surface area contributed by atoms with E-state index < -0.39 is 0 Å². The number of carbonyl (C=O) groups excluding carboxylic acids is 1. The number of nitrogens with zero attached hydrogens (tertiary/aromatic N) is 2. The molecule has 6 heteroatoms. The highest BCUT2D eigenvalue weighted by Gasteiger charge is 2.09. The van der Waals surface area contributed by atoms with E-state index in [0.717, 1.165) is 15.8 Å². The van der Waals surface area contributed by atoms with E-state index in [-0.39, 0.29) is 5.91 Å². The lowest BCUT2D eigenvalue weighted by Gasteiger charge is -2.08. The molecule has 0 aliphatic heterocycles. The molecule has 0 unspecified atom stereocenters. The standard InChI is InChI=1S/C25H22BrN3O2/c1-18-6-2-3-8-21(18)15-29-16-23(14-27-29)28-25(30)20-9-4-7-19(12-20)17-31-24-11-5-10-22(26)13-24/h2-14,16H,15,17H2,1H3,(H,28,30). The lowest BCUT2D eigenvalue weighted by molar-refractivity contribution is 0.102. The van der Waals surface area contributed by atoms with E-state index in [4.69, 9.17) is 4.74 Å². The van der Waals surface area contributed by atoms with Crippen molar-refractivity contribution < 1.29 is 9.53 Å². The highest BCUT2D eigenvalue weighted by Crippen LogP contribution is 2.19. The number of halogens is 1. The van der Waals surface area contributed by atoms with Crippen LogP contribution < -0.4 is 10.1 Å². The Hall–Kier alpha value is -3.38. The molecule has 4 rings (SSSR count). The molecule has 0 radical (unpaired) electrons. The normalized spacial score (nSPS) is 10.6. The number of anilines is 1. The summed E-state index contributed by atoms with van der Waals surface area (Å²) in [6.45, 7) is 3.12. The predicted octanol–water partition coefficient (Wildman–Crippen LogP) is 5.83. The first-order chi connectivity index (χ1) is 15.1. The number of amides is 1. The second-order valence-electron chi connectivity index (χ2n) is 7.25. The smallest absolute Gasteiger partial charge is 0.255 e. The lowest BCUT2D eigenvalue weighted by Crippen LogP contribution is -2.12.